The summed E-state index contributed by atoms with van der Waals surface area (Å²) in [6, 6.07) is 13.9. The van der Waals surface area contributed by atoms with E-state index in [1.54, 1.807) is 6.20 Å². The van der Waals surface area contributed by atoms with Gasteiger partial charge in [-0.1, -0.05) is 6.07 Å². The third-order valence-corrected chi connectivity index (χ3v) is 6.29. The van der Waals surface area contributed by atoms with E-state index in [0.29, 0.717) is 11.7 Å². The fraction of sp³-hybridized carbons (Fsp3) is 0.304. The first kappa shape index (κ1) is 19.8. The van der Waals surface area contributed by atoms with Gasteiger partial charge in [-0.25, -0.2) is 0 Å². The Morgan fingerprint density at radius 2 is 2.00 bits per heavy atom. The van der Waals surface area contributed by atoms with Gasteiger partial charge in [-0.2, -0.15) is 0 Å². The third kappa shape index (κ3) is 3.32. The quantitative estimate of drug-likeness (QED) is 0.595. The molecule has 2 aliphatic heterocycles. The van der Waals surface area contributed by atoms with Crippen LogP contribution in [-0.2, 0) is 0 Å². The van der Waals surface area contributed by atoms with E-state index in [2.05, 4.69) is 39.7 Å². The van der Waals surface area contributed by atoms with Crippen molar-refractivity contribution in [3.63, 3.8) is 0 Å². The van der Waals surface area contributed by atoms with Gasteiger partial charge in [0.15, 0.2) is 16.6 Å². The number of benzene rings is 1. The molecule has 31 heavy (non-hydrogen) atoms. The second kappa shape index (κ2) is 7.86. The maximum absolute atomic E-state index is 9.69. The van der Waals surface area contributed by atoms with Crippen molar-refractivity contribution in [3.8, 4) is 17.2 Å². The number of nitrogens with zero attached hydrogens (tertiary/aromatic N) is 3. The standard InChI is InChI=1S/C23H24N4O3S/c1-14-11-17(15(2)27(14)16-6-7-19-20(12-16)30-13-29-19)22-21(18-5-3-4-8-24-18)25-23(31)26(22)9-10-28/h3-8,11-12,21-22,28H,9-10,13H2,1-2H3,(H,25,31)/t21-,22+/m0/s1. The van der Waals surface area contributed by atoms with E-state index in [1.807, 2.05) is 36.4 Å². The Hall–Kier alpha value is -3.10. The molecule has 3 aromatic rings. The van der Waals surface area contributed by atoms with Crippen LogP contribution in [-0.4, -0.2) is 44.6 Å². The maximum Gasteiger partial charge on any atom is 0.231 e. The first-order chi connectivity index (χ1) is 15.1. The zero-order valence-corrected chi connectivity index (χ0v) is 18.2. The first-order valence-electron chi connectivity index (χ1n) is 10.3. The number of aryl methyl sites for hydroxylation is 1. The topological polar surface area (TPSA) is 71.8 Å². The van der Waals surface area contributed by atoms with Gasteiger partial charge in [-0.05, 0) is 62.0 Å². The largest absolute Gasteiger partial charge is 0.454 e. The number of hydrogen-bond donors (Lipinski definition) is 2. The van der Waals surface area contributed by atoms with E-state index in [4.69, 9.17) is 21.7 Å². The molecule has 0 amide bonds. The highest BCUT2D eigenvalue weighted by Gasteiger charge is 2.41. The van der Waals surface area contributed by atoms with Crippen LogP contribution in [0, 0.1) is 13.8 Å². The number of fused-ring (bicyclic) bond motifs is 1. The molecule has 5 rings (SSSR count). The number of aliphatic hydroxyl groups is 1. The summed E-state index contributed by atoms with van der Waals surface area (Å²) in [4.78, 5) is 6.63. The SMILES string of the molecule is Cc1cc([C@@H]2[C@H](c3ccccn3)NC(=S)N2CCO)c(C)n1-c1ccc2c(c1)OCO2. The monoisotopic (exact) mass is 436 g/mol. The van der Waals surface area contributed by atoms with Gasteiger partial charge in [0.1, 0.15) is 0 Å². The Morgan fingerprint density at radius 3 is 2.77 bits per heavy atom. The molecule has 4 heterocycles. The van der Waals surface area contributed by atoms with E-state index in [0.717, 1.165) is 39.8 Å². The number of rotatable bonds is 5. The number of β-amino-alcohol motifs (C(OH)–C–C–N with tert-alkyl or cyclic N) is 1. The number of aliphatic hydroxyl groups excluding tert-OH is 1. The summed E-state index contributed by atoms with van der Waals surface area (Å²) in [7, 11) is 0. The van der Waals surface area contributed by atoms with E-state index in [9.17, 15) is 5.11 Å². The first-order valence-corrected chi connectivity index (χ1v) is 10.7. The Labute approximate surface area is 186 Å². The van der Waals surface area contributed by atoms with Crippen LogP contribution in [0.3, 0.4) is 0 Å². The van der Waals surface area contributed by atoms with Gasteiger partial charge >= 0.3 is 0 Å². The number of hydrogen-bond acceptors (Lipinski definition) is 5. The highest BCUT2D eigenvalue weighted by Crippen LogP contribution is 2.42. The number of pyridine rings is 1. The molecule has 8 heteroatoms. The van der Waals surface area contributed by atoms with Crippen LogP contribution in [0.2, 0.25) is 0 Å². The lowest BCUT2D eigenvalue weighted by Crippen LogP contribution is -2.32. The van der Waals surface area contributed by atoms with Gasteiger partial charge in [0.05, 0.1) is 24.4 Å². The van der Waals surface area contributed by atoms with E-state index in [1.165, 1.54) is 0 Å². The summed E-state index contributed by atoms with van der Waals surface area (Å²) in [5.74, 6) is 1.52. The number of nitrogens with one attached hydrogen (secondary N) is 1. The summed E-state index contributed by atoms with van der Waals surface area (Å²) in [5.41, 5.74) is 5.29. The zero-order valence-electron chi connectivity index (χ0n) is 17.4. The van der Waals surface area contributed by atoms with E-state index < -0.39 is 0 Å². The minimum atomic E-state index is -0.106. The summed E-state index contributed by atoms with van der Waals surface area (Å²) >= 11 is 5.63. The third-order valence-electron chi connectivity index (χ3n) is 5.94. The average molecular weight is 437 g/mol. The maximum atomic E-state index is 9.69. The second-order valence-electron chi connectivity index (χ2n) is 7.74. The Morgan fingerprint density at radius 1 is 1.16 bits per heavy atom. The second-order valence-corrected chi connectivity index (χ2v) is 8.13. The molecule has 1 saturated heterocycles. The molecule has 1 fully saturated rings. The van der Waals surface area contributed by atoms with Crippen LogP contribution in [0.25, 0.3) is 5.69 Å². The molecule has 0 saturated carbocycles. The Kier molecular flexibility index (Phi) is 5.03. The molecule has 0 radical (unpaired) electrons. The lowest BCUT2D eigenvalue weighted by molar-refractivity contribution is 0.174. The van der Waals surface area contributed by atoms with Crippen LogP contribution < -0.4 is 14.8 Å². The Bertz CT molecular complexity index is 1130. The van der Waals surface area contributed by atoms with Crippen LogP contribution >= 0.6 is 12.2 Å². The molecule has 1 aromatic carbocycles. The molecular formula is C23H24N4O3S. The Balaban J connectivity index is 1.60. The molecule has 2 aliphatic rings. The van der Waals surface area contributed by atoms with Crippen molar-refractivity contribution >= 4 is 17.3 Å². The van der Waals surface area contributed by atoms with Crippen LogP contribution in [0.15, 0.2) is 48.7 Å². The van der Waals surface area contributed by atoms with Crippen molar-refractivity contribution < 1.29 is 14.6 Å². The van der Waals surface area contributed by atoms with Crippen LogP contribution in [0.1, 0.15) is 34.7 Å². The number of ether oxygens (including phenoxy) is 2. The highest BCUT2D eigenvalue weighted by molar-refractivity contribution is 7.80. The van der Waals surface area contributed by atoms with E-state index >= 15 is 0 Å². The van der Waals surface area contributed by atoms with Crippen molar-refractivity contribution in [1.29, 1.82) is 0 Å². The van der Waals surface area contributed by atoms with Crippen LogP contribution in [0.4, 0.5) is 0 Å². The van der Waals surface area contributed by atoms with Crippen molar-refractivity contribution in [2.75, 3.05) is 19.9 Å². The summed E-state index contributed by atoms with van der Waals surface area (Å²) in [6.07, 6.45) is 1.79. The highest BCUT2D eigenvalue weighted by atomic mass is 32.1. The minimum Gasteiger partial charge on any atom is -0.454 e. The van der Waals surface area contributed by atoms with Gasteiger partial charge in [0.2, 0.25) is 6.79 Å². The molecule has 2 N–H and O–H groups in total. The van der Waals surface area contributed by atoms with Gasteiger partial charge in [-0.3, -0.25) is 4.98 Å². The number of thiocarbonyl (C=S) groups is 1. The smallest absolute Gasteiger partial charge is 0.231 e. The van der Waals surface area contributed by atoms with Crippen molar-refractivity contribution in [2.45, 2.75) is 25.9 Å². The normalized spacial score (nSPS) is 19.7. The molecule has 0 aliphatic carbocycles. The fourth-order valence-corrected chi connectivity index (χ4v) is 4.93. The van der Waals surface area contributed by atoms with Gasteiger partial charge in [0.25, 0.3) is 0 Å². The van der Waals surface area contributed by atoms with Crippen molar-refractivity contribution in [1.82, 2.24) is 19.8 Å². The minimum absolute atomic E-state index is 0.0220. The predicted molar refractivity (Wildman–Crippen MR) is 121 cm³/mol. The van der Waals surface area contributed by atoms with Crippen molar-refractivity contribution in [2.24, 2.45) is 0 Å². The molecular weight excluding hydrogens is 412 g/mol. The van der Waals surface area contributed by atoms with E-state index in [-0.39, 0.29) is 25.5 Å². The molecule has 0 unspecified atom stereocenters. The average Bonchev–Trinajstić information content (AvgIpc) is 3.45. The lowest BCUT2D eigenvalue weighted by Gasteiger charge is -2.27. The van der Waals surface area contributed by atoms with Gasteiger partial charge in [0, 0.05) is 35.9 Å². The molecule has 2 atom stereocenters. The summed E-state index contributed by atoms with van der Waals surface area (Å²) in [5, 5.41) is 13.7. The summed E-state index contributed by atoms with van der Waals surface area (Å²) in [6.45, 7) is 4.93. The fourth-order valence-electron chi connectivity index (χ4n) is 4.60. The number of aromatic nitrogens is 2. The van der Waals surface area contributed by atoms with Crippen LogP contribution in [0.5, 0.6) is 11.5 Å². The summed E-state index contributed by atoms with van der Waals surface area (Å²) < 4.78 is 13.3. The van der Waals surface area contributed by atoms with Crippen molar-refractivity contribution in [3.05, 3.63) is 71.3 Å². The molecule has 7 nitrogen and oxygen atoms in total. The van der Waals surface area contributed by atoms with Gasteiger partial charge < -0.3 is 29.4 Å². The lowest BCUT2D eigenvalue weighted by atomic mass is 9.97. The predicted octanol–water partition coefficient (Wildman–Crippen LogP) is 3.18. The molecule has 0 spiro atoms. The molecule has 160 valence electrons. The molecule has 2 aromatic heterocycles. The molecule has 0 bridgehead atoms. The van der Waals surface area contributed by atoms with Gasteiger partial charge in [-0.15, -0.1) is 0 Å². The zero-order chi connectivity index (χ0) is 21.5.